The Hall–Kier alpha value is -2.12. The van der Waals surface area contributed by atoms with Crippen LogP contribution in [-0.4, -0.2) is 24.3 Å². The van der Waals surface area contributed by atoms with Gasteiger partial charge < -0.3 is 13.9 Å². The fourth-order valence-corrected chi connectivity index (χ4v) is 2.57. The summed E-state index contributed by atoms with van der Waals surface area (Å²) in [6.45, 7) is 2.00. The van der Waals surface area contributed by atoms with Crippen molar-refractivity contribution in [1.29, 1.82) is 0 Å². The second-order valence-electron chi connectivity index (χ2n) is 4.99. The van der Waals surface area contributed by atoms with E-state index in [0.717, 1.165) is 31.1 Å². The van der Waals surface area contributed by atoms with Gasteiger partial charge in [-0.05, 0) is 42.9 Å². The first-order valence-electron chi connectivity index (χ1n) is 7.20. The number of benzene rings is 1. The van der Waals surface area contributed by atoms with Crippen LogP contribution in [0.4, 0.5) is 0 Å². The molecule has 0 atom stereocenters. The average Bonchev–Trinajstić information content (AvgIpc) is 3.18. The molecule has 120 valence electrons. The first-order chi connectivity index (χ1) is 11.2. The number of ether oxygens (including phenoxy) is 1. The summed E-state index contributed by atoms with van der Waals surface area (Å²) in [7, 11) is 0. The van der Waals surface area contributed by atoms with Crippen molar-refractivity contribution in [2.45, 2.75) is 26.1 Å². The van der Waals surface area contributed by atoms with E-state index < -0.39 is 0 Å². The molecule has 8 heteroatoms. The van der Waals surface area contributed by atoms with Crippen molar-refractivity contribution in [1.82, 2.24) is 24.3 Å². The predicted molar refractivity (Wildman–Crippen MR) is 90.0 cm³/mol. The molecular weight excluding hydrogens is 334 g/mol. The van der Waals surface area contributed by atoms with Crippen molar-refractivity contribution in [3.05, 3.63) is 58.6 Å². The maximum Gasteiger partial charge on any atom is 0.195 e. The van der Waals surface area contributed by atoms with Crippen molar-refractivity contribution < 1.29 is 4.74 Å². The van der Waals surface area contributed by atoms with Crippen molar-refractivity contribution in [3.63, 3.8) is 0 Å². The Kier molecular flexibility index (Phi) is 5.09. The fraction of sp³-hybridized carbons (Fsp3) is 0.267. The minimum atomic E-state index is 0.347. The van der Waals surface area contributed by atoms with Gasteiger partial charge in [0.2, 0.25) is 0 Å². The number of nitrogens with one attached hydrogen (secondary N) is 1. The molecule has 1 aromatic carbocycles. The minimum absolute atomic E-state index is 0.347. The molecule has 1 N–H and O–H groups in total. The molecule has 3 rings (SSSR count). The average molecular weight is 350 g/mol. The summed E-state index contributed by atoms with van der Waals surface area (Å²) in [5.41, 5.74) is 0. The van der Waals surface area contributed by atoms with Gasteiger partial charge in [0, 0.05) is 30.5 Å². The number of aromatic nitrogens is 5. The van der Waals surface area contributed by atoms with E-state index in [1.165, 1.54) is 0 Å². The lowest BCUT2D eigenvalue weighted by atomic mass is 10.3. The lowest BCUT2D eigenvalue weighted by molar-refractivity contribution is 0.287. The molecule has 0 saturated heterocycles. The van der Waals surface area contributed by atoms with Crippen LogP contribution in [-0.2, 0) is 19.7 Å². The Labute approximate surface area is 143 Å². The van der Waals surface area contributed by atoms with Gasteiger partial charge in [-0.25, -0.2) is 4.98 Å². The monoisotopic (exact) mass is 349 g/mol. The summed E-state index contributed by atoms with van der Waals surface area (Å²) in [6, 6.07) is 7.23. The van der Waals surface area contributed by atoms with Gasteiger partial charge >= 0.3 is 0 Å². The smallest absolute Gasteiger partial charge is 0.195 e. The largest absolute Gasteiger partial charge is 0.486 e. The number of rotatable bonds is 7. The highest BCUT2D eigenvalue weighted by atomic mass is 35.5. The molecule has 0 fully saturated rings. The molecule has 0 bridgehead atoms. The third-order valence-electron chi connectivity index (χ3n) is 3.38. The van der Waals surface area contributed by atoms with Crippen LogP contribution in [0.1, 0.15) is 12.2 Å². The van der Waals surface area contributed by atoms with Crippen molar-refractivity contribution >= 4 is 23.8 Å². The number of halogens is 1. The van der Waals surface area contributed by atoms with E-state index in [9.17, 15) is 0 Å². The van der Waals surface area contributed by atoms with Gasteiger partial charge in [-0.3, -0.25) is 5.10 Å². The topological polar surface area (TPSA) is 60.7 Å². The summed E-state index contributed by atoms with van der Waals surface area (Å²) >= 11 is 11.1. The van der Waals surface area contributed by atoms with E-state index in [-0.39, 0.29) is 0 Å². The number of hydrogen-bond donors (Lipinski definition) is 1. The van der Waals surface area contributed by atoms with E-state index in [1.807, 2.05) is 27.5 Å². The zero-order chi connectivity index (χ0) is 16.1. The van der Waals surface area contributed by atoms with Crippen LogP contribution in [0, 0.1) is 4.77 Å². The predicted octanol–water partition coefficient (Wildman–Crippen LogP) is 3.46. The van der Waals surface area contributed by atoms with Gasteiger partial charge in [0.15, 0.2) is 10.6 Å². The number of aromatic amines is 1. The number of hydrogen-bond acceptors (Lipinski definition) is 4. The van der Waals surface area contributed by atoms with Gasteiger partial charge in [-0.1, -0.05) is 11.6 Å². The Morgan fingerprint density at radius 3 is 2.78 bits per heavy atom. The normalized spacial score (nSPS) is 10.8. The fourth-order valence-electron chi connectivity index (χ4n) is 2.20. The quantitative estimate of drug-likeness (QED) is 0.663. The summed E-state index contributed by atoms with van der Waals surface area (Å²) < 4.78 is 10.3. The second-order valence-corrected chi connectivity index (χ2v) is 5.82. The molecule has 3 aromatic rings. The summed E-state index contributed by atoms with van der Waals surface area (Å²) in [5, 5.41) is 7.74. The maximum absolute atomic E-state index is 5.86. The van der Waals surface area contributed by atoms with Gasteiger partial charge in [-0.15, -0.1) is 0 Å². The van der Waals surface area contributed by atoms with E-state index in [2.05, 4.69) is 15.2 Å². The standard InChI is InChI=1S/C15H16ClN5OS/c16-12-2-4-13(5-3-12)22-10-14-18-19-15(23)21(14)8-1-7-20-9-6-17-11-20/h2-6,9,11H,1,7-8,10H2,(H,19,23). The van der Waals surface area contributed by atoms with E-state index in [1.54, 1.807) is 24.7 Å². The molecule has 0 saturated carbocycles. The van der Waals surface area contributed by atoms with Crippen LogP contribution in [0.25, 0.3) is 0 Å². The molecule has 0 unspecified atom stereocenters. The Morgan fingerprint density at radius 1 is 1.22 bits per heavy atom. The van der Waals surface area contributed by atoms with Crippen molar-refractivity contribution in [2.24, 2.45) is 0 Å². The molecule has 6 nitrogen and oxygen atoms in total. The molecular formula is C15H16ClN5OS. The Balaban J connectivity index is 1.59. The van der Waals surface area contributed by atoms with E-state index >= 15 is 0 Å². The highest BCUT2D eigenvalue weighted by molar-refractivity contribution is 7.71. The molecule has 23 heavy (non-hydrogen) atoms. The first-order valence-corrected chi connectivity index (χ1v) is 7.99. The molecule has 0 spiro atoms. The van der Waals surface area contributed by atoms with Crippen LogP contribution in [0.5, 0.6) is 5.75 Å². The first kappa shape index (κ1) is 15.8. The van der Waals surface area contributed by atoms with E-state index in [4.69, 9.17) is 28.6 Å². The molecule has 0 aliphatic rings. The maximum atomic E-state index is 5.86. The third-order valence-corrected chi connectivity index (χ3v) is 3.94. The highest BCUT2D eigenvalue weighted by Gasteiger charge is 2.07. The lowest BCUT2D eigenvalue weighted by Crippen LogP contribution is -2.09. The Bertz CT molecular complexity index is 794. The highest BCUT2D eigenvalue weighted by Crippen LogP contribution is 2.16. The van der Waals surface area contributed by atoms with E-state index in [0.29, 0.717) is 16.4 Å². The number of nitrogens with zero attached hydrogens (tertiary/aromatic N) is 4. The molecule has 0 amide bonds. The molecule has 0 aliphatic heterocycles. The third kappa shape index (κ3) is 4.20. The minimum Gasteiger partial charge on any atom is -0.486 e. The van der Waals surface area contributed by atoms with Gasteiger partial charge in [0.25, 0.3) is 0 Å². The second kappa shape index (κ2) is 7.43. The van der Waals surface area contributed by atoms with Crippen LogP contribution >= 0.6 is 23.8 Å². The molecule has 2 heterocycles. The van der Waals surface area contributed by atoms with Gasteiger partial charge in [0.1, 0.15) is 12.4 Å². The molecule has 2 aromatic heterocycles. The zero-order valence-electron chi connectivity index (χ0n) is 12.4. The lowest BCUT2D eigenvalue weighted by Gasteiger charge is -2.09. The molecule has 0 aliphatic carbocycles. The summed E-state index contributed by atoms with van der Waals surface area (Å²) in [4.78, 5) is 4.03. The summed E-state index contributed by atoms with van der Waals surface area (Å²) in [6.07, 6.45) is 6.45. The van der Waals surface area contributed by atoms with Gasteiger partial charge in [-0.2, -0.15) is 5.10 Å². The van der Waals surface area contributed by atoms with Gasteiger partial charge in [0.05, 0.1) is 6.33 Å². The number of imidazole rings is 1. The molecule has 0 radical (unpaired) electrons. The van der Waals surface area contributed by atoms with Crippen LogP contribution in [0.15, 0.2) is 43.0 Å². The van der Waals surface area contributed by atoms with Crippen molar-refractivity contribution in [2.75, 3.05) is 0 Å². The van der Waals surface area contributed by atoms with Crippen LogP contribution in [0.3, 0.4) is 0 Å². The summed E-state index contributed by atoms with van der Waals surface area (Å²) in [5.74, 6) is 1.52. The zero-order valence-corrected chi connectivity index (χ0v) is 13.9. The Morgan fingerprint density at radius 2 is 2.04 bits per heavy atom. The van der Waals surface area contributed by atoms with Crippen LogP contribution in [0.2, 0.25) is 5.02 Å². The SMILES string of the molecule is S=c1[nH]nc(COc2ccc(Cl)cc2)n1CCCn1ccnc1. The number of aryl methyl sites for hydroxylation is 1. The number of H-pyrrole nitrogens is 1. The van der Waals surface area contributed by atoms with Crippen molar-refractivity contribution in [3.8, 4) is 5.75 Å². The van der Waals surface area contributed by atoms with Crippen LogP contribution < -0.4 is 4.74 Å².